The molecule has 0 amide bonds. The summed E-state index contributed by atoms with van der Waals surface area (Å²) in [5.74, 6) is 0. The normalized spacial score (nSPS) is 14.8. The lowest BCUT2D eigenvalue weighted by atomic mass is 10.0. The van der Waals surface area contributed by atoms with E-state index in [1.807, 2.05) is 24.3 Å². The van der Waals surface area contributed by atoms with Crippen LogP contribution >= 0.6 is 11.6 Å². The van der Waals surface area contributed by atoms with Gasteiger partial charge in [-0.15, -0.1) is 0 Å². The number of rotatable bonds is 1. The van der Waals surface area contributed by atoms with Crippen LogP contribution in [-0.4, -0.2) is 16.8 Å². The third-order valence-electron chi connectivity index (χ3n) is 2.79. The van der Waals surface area contributed by atoms with E-state index in [-0.39, 0.29) is 0 Å². The number of nitrogens with zero attached hydrogens (tertiary/aromatic N) is 1. The largest absolute Gasteiger partial charge is 0.376 e. The maximum Gasteiger partial charge on any atom is 0.0979 e. The highest BCUT2D eigenvalue weighted by atomic mass is 35.5. The number of H-pyrrole nitrogens is 1. The van der Waals surface area contributed by atoms with Crippen LogP contribution < -0.4 is 0 Å². The van der Waals surface area contributed by atoms with Gasteiger partial charge in [0.05, 0.1) is 18.9 Å². The highest BCUT2D eigenvalue weighted by molar-refractivity contribution is 6.30. The van der Waals surface area contributed by atoms with Gasteiger partial charge in [-0.05, 0) is 12.1 Å². The van der Waals surface area contributed by atoms with Crippen molar-refractivity contribution in [3.63, 3.8) is 0 Å². The van der Waals surface area contributed by atoms with Crippen LogP contribution in [0, 0.1) is 0 Å². The molecule has 1 aromatic carbocycles. The summed E-state index contributed by atoms with van der Waals surface area (Å²) >= 11 is 5.98. The summed E-state index contributed by atoms with van der Waals surface area (Å²) in [6.45, 7) is 1.40. The maximum atomic E-state index is 5.98. The Bertz CT molecular complexity index is 521. The monoisotopic (exact) mass is 234 g/mol. The highest BCUT2D eigenvalue weighted by Crippen LogP contribution is 2.28. The Morgan fingerprint density at radius 2 is 2.31 bits per heavy atom. The molecule has 2 aromatic rings. The van der Waals surface area contributed by atoms with Crippen LogP contribution in [-0.2, 0) is 17.8 Å². The first-order valence-corrected chi connectivity index (χ1v) is 5.62. The van der Waals surface area contributed by atoms with E-state index < -0.39 is 0 Å². The molecule has 3 rings (SSSR count). The van der Waals surface area contributed by atoms with Gasteiger partial charge in [0.25, 0.3) is 0 Å². The topological polar surface area (TPSA) is 37.9 Å². The van der Waals surface area contributed by atoms with Crippen molar-refractivity contribution in [2.75, 3.05) is 6.61 Å². The van der Waals surface area contributed by atoms with Crippen molar-refractivity contribution in [3.8, 4) is 11.3 Å². The zero-order chi connectivity index (χ0) is 11.0. The van der Waals surface area contributed by atoms with E-state index in [0.29, 0.717) is 6.61 Å². The number of hydrogen-bond donors (Lipinski definition) is 1. The summed E-state index contributed by atoms with van der Waals surface area (Å²) in [4.78, 5) is 0. The van der Waals surface area contributed by atoms with Crippen LogP contribution in [0.25, 0.3) is 11.3 Å². The van der Waals surface area contributed by atoms with E-state index in [0.717, 1.165) is 34.9 Å². The van der Waals surface area contributed by atoms with Crippen LogP contribution in [0.5, 0.6) is 0 Å². The van der Waals surface area contributed by atoms with Crippen molar-refractivity contribution in [2.45, 2.75) is 13.0 Å². The molecular weight excluding hydrogens is 224 g/mol. The fourth-order valence-electron chi connectivity index (χ4n) is 1.99. The molecule has 0 saturated heterocycles. The quantitative estimate of drug-likeness (QED) is 0.824. The van der Waals surface area contributed by atoms with Gasteiger partial charge in [-0.2, -0.15) is 5.10 Å². The van der Waals surface area contributed by atoms with Crippen LogP contribution in [0.4, 0.5) is 0 Å². The number of fused-ring (bicyclic) bond motifs is 1. The van der Waals surface area contributed by atoms with Gasteiger partial charge in [-0.3, -0.25) is 5.10 Å². The molecule has 0 atom stereocenters. The van der Waals surface area contributed by atoms with Gasteiger partial charge in [0.1, 0.15) is 0 Å². The lowest BCUT2D eigenvalue weighted by Crippen LogP contribution is -2.08. The number of hydrogen-bond acceptors (Lipinski definition) is 2. The van der Waals surface area contributed by atoms with E-state index in [2.05, 4.69) is 10.2 Å². The number of nitrogens with one attached hydrogen (secondary N) is 1. The van der Waals surface area contributed by atoms with Crippen molar-refractivity contribution < 1.29 is 4.74 Å². The Morgan fingerprint density at radius 3 is 3.19 bits per heavy atom. The van der Waals surface area contributed by atoms with Gasteiger partial charge in [0.15, 0.2) is 0 Å². The molecule has 3 nitrogen and oxygen atoms in total. The standard InChI is InChI=1S/C12H11ClN2O/c13-9-3-1-2-8(6-9)12-10-7-16-5-4-11(10)14-15-12/h1-3,6H,4-5,7H2,(H,14,15). The average Bonchev–Trinajstić information content (AvgIpc) is 2.72. The third-order valence-corrected chi connectivity index (χ3v) is 3.03. The molecule has 4 heteroatoms. The first kappa shape index (κ1) is 9.87. The molecule has 0 aliphatic carbocycles. The van der Waals surface area contributed by atoms with E-state index in [1.54, 1.807) is 0 Å². The molecule has 0 fully saturated rings. The second-order valence-corrected chi connectivity index (χ2v) is 4.28. The van der Waals surface area contributed by atoms with E-state index in [9.17, 15) is 0 Å². The molecule has 82 valence electrons. The molecule has 0 radical (unpaired) electrons. The SMILES string of the molecule is Clc1cccc(-c2n[nH]c3c2COCC3)c1. The van der Waals surface area contributed by atoms with Crippen molar-refractivity contribution in [1.82, 2.24) is 10.2 Å². The Kier molecular flexibility index (Phi) is 2.42. The van der Waals surface area contributed by atoms with Crippen molar-refractivity contribution in [3.05, 3.63) is 40.5 Å². The molecule has 2 heterocycles. The van der Waals surface area contributed by atoms with Crippen molar-refractivity contribution in [1.29, 1.82) is 0 Å². The Morgan fingerprint density at radius 1 is 1.38 bits per heavy atom. The maximum absolute atomic E-state index is 5.98. The molecular formula is C12H11ClN2O. The van der Waals surface area contributed by atoms with Gasteiger partial charge in [0.2, 0.25) is 0 Å². The van der Waals surface area contributed by atoms with E-state index in [1.165, 1.54) is 5.69 Å². The summed E-state index contributed by atoms with van der Waals surface area (Å²) in [6, 6.07) is 7.73. The fourth-order valence-corrected chi connectivity index (χ4v) is 2.18. The molecule has 16 heavy (non-hydrogen) atoms. The predicted octanol–water partition coefficient (Wildman–Crippen LogP) is 2.80. The fraction of sp³-hybridized carbons (Fsp3) is 0.250. The van der Waals surface area contributed by atoms with Crippen molar-refractivity contribution >= 4 is 11.6 Å². The number of benzene rings is 1. The Hall–Kier alpha value is -1.32. The van der Waals surface area contributed by atoms with Crippen LogP contribution in [0.3, 0.4) is 0 Å². The molecule has 0 bridgehead atoms. The summed E-state index contributed by atoms with van der Waals surface area (Å²) in [7, 11) is 0. The van der Waals surface area contributed by atoms with E-state index in [4.69, 9.17) is 16.3 Å². The van der Waals surface area contributed by atoms with Gasteiger partial charge < -0.3 is 4.74 Å². The molecule has 0 unspecified atom stereocenters. The summed E-state index contributed by atoms with van der Waals surface area (Å²) < 4.78 is 5.45. The van der Waals surface area contributed by atoms with Gasteiger partial charge in [-0.25, -0.2) is 0 Å². The minimum atomic E-state index is 0.633. The summed E-state index contributed by atoms with van der Waals surface area (Å²) in [5, 5.41) is 8.14. The summed E-state index contributed by atoms with van der Waals surface area (Å²) in [5.41, 5.74) is 4.34. The van der Waals surface area contributed by atoms with Crippen LogP contribution in [0.15, 0.2) is 24.3 Å². The van der Waals surface area contributed by atoms with Crippen molar-refractivity contribution in [2.24, 2.45) is 0 Å². The third kappa shape index (κ3) is 1.62. The zero-order valence-corrected chi connectivity index (χ0v) is 9.42. The number of aromatic nitrogens is 2. The summed E-state index contributed by atoms with van der Waals surface area (Å²) in [6.07, 6.45) is 0.906. The first-order chi connectivity index (χ1) is 7.84. The second-order valence-electron chi connectivity index (χ2n) is 3.84. The van der Waals surface area contributed by atoms with E-state index >= 15 is 0 Å². The molecule has 1 aliphatic heterocycles. The van der Waals surface area contributed by atoms with Crippen LogP contribution in [0.1, 0.15) is 11.3 Å². The number of aromatic amines is 1. The Labute approximate surface area is 98.4 Å². The molecule has 1 aromatic heterocycles. The predicted molar refractivity (Wildman–Crippen MR) is 62.4 cm³/mol. The molecule has 0 saturated carbocycles. The minimum Gasteiger partial charge on any atom is -0.376 e. The lowest BCUT2D eigenvalue weighted by molar-refractivity contribution is 0.110. The van der Waals surface area contributed by atoms with Crippen LogP contribution in [0.2, 0.25) is 5.02 Å². The number of ether oxygens (including phenoxy) is 1. The van der Waals surface area contributed by atoms with Gasteiger partial charge >= 0.3 is 0 Å². The highest BCUT2D eigenvalue weighted by Gasteiger charge is 2.18. The smallest absolute Gasteiger partial charge is 0.0979 e. The second kappa shape index (κ2) is 3.92. The lowest BCUT2D eigenvalue weighted by Gasteiger charge is -2.12. The molecule has 1 N–H and O–H groups in total. The first-order valence-electron chi connectivity index (χ1n) is 5.24. The Balaban J connectivity index is 2.09. The van der Waals surface area contributed by atoms with Gasteiger partial charge in [0, 0.05) is 28.3 Å². The van der Waals surface area contributed by atoms with Gasteiger partial charge in [-0.1, -0.05) is 23.7 Å². The average molecular weight is 235 g/mol. The molecule has 0 spiro atoms. The molecule has 1 aliphatic rings. The zero-order valence-electron chi connectivity index (χ0n) is 8.66. The number of halogens is 1. The minimum absolute atomic E-state index is 0.633.